The average molecular weight is 272 g/mol. The SMILES string of the molecule is O=C(Cc1ccccc1Cl)N[C@@H](CCO)C(=O)O. The molecule has 5 nitrogen and oxygen atoms in total. The van der Waals surface area contributed by atoms with Gasteiger partial charge in [0.15, 0.2) is 0 Å². The number of carboxylic acids is 1. The minimum atomic E-state index is -1.17. The van der Waals surface area contributed by atoms with Crippen LogP contribution >= 0.6 is 11.6 Å². The minimum absolute atomic E-state index is 0.00881. The zero-order chi connectivity index (χ0) is 13.5. The fourth-order valence-corrected chi connectivity index (χ4v) is 1.65. The molecule has 0 radical (unpaired) electrons. The molecule has 98 valence electrons. The molecule has 1 rings (SSSR count). The Morgan fingerprint density at radius 3 is 2.56 bits per heavy atom. The molecule has 0 saturated heterocycles. The molecule has 1 amide bonds. The topological polar surface area (TPSA) is 86.6 Å². The lowest BCUT2D eigenvalue weighted by Gasteiger charge is -2.13. The lowest BCUT2D eigenvalue weighted by atomic mass is 10.1. The van der Waals surface area contributed by atoms with Gasteiger partial charge in [0.25, 0.3) is 0 Å². The number of benzene rings is 1. The number of carbonyl (C=O) groups is 2. The van der Waals surface area contributed by atoms with Crippen LogP contribution in [-0.4, -0.2) is 34.7 Å². The van der Waals surface area contributed by atoms with E-state index in [-0.39, 0.29) is 19.4 Å². The summed E-state index contributed by atoms with van der Waals surface area (Å²) in [5.74, 6) is -1.61. The zero-order valence-electron chi connectivity index (χ0n) is 9.60. The Hall–Kier alpha value is -1.59. The second-order valence-corrected chi connectivity index (χ2v) is 4.15. The van der Waals surface area contributed by atoms with Crippen molar-refractivity contribution in [1.29, 1.82) is 0 Å². The summed E-state index contributed by atoms with van der Waals surface area (Å²) in [5, 5.41) is 20.3. The number of carbonyl (C=O) groups excluding carboxylic acids is 1. The number of carboxylic acid groups (broad SMARTS) is 1. The molecule has 0 heterocycles. The van der Waals surface area contributed by atoms with Gasteiger partial charge in [-0.2, -0.15) is 0 Å². The molecular weight excluding hydrogens is 258 g/mol. The van der Waals surface area contributed by atoms with Crippen molar-refractivity contribution in [3.05, 3.63) is 34.9 Å². The van der Waals surface area contributed by atoms with E-state index >= 15 is 0 Å². The lowest BCUT2D eigenvalue weighted by Crippen LogP contribution is -2.42. The molecule has 0 aliphatic rings. The van der Waals surface area contributed by atoms with E-state index in [4.69, 9.17) is 21.8 Å². The molecule has 0 spiro atoms. The lowest BCUT2D eigenvalue weighted by molar-refractivity contribution is -0.142. The van der Waals surface area contributed by atoms with Crippen molar-refractivity contribution in [1.82, 2.24) is 5.32 Å². The second-order valence-electron chi connectivity index (χ2n) is 3.74. The number of hydrogen-bond acceptors (Lipinski definition) is 3. The van der Waals surface area contributed by atoms with E-state index in [0.717, 1.165) is 0 Å². The number of aliphatic carboxylic acids is 1. The standard InChI is InChI=1S/C12H14ClNO4/c13-9-4-2-1-3-8(9)7-11(16)14-10(5-6-15)12(17)18/h1-4,10,15H,5-7H2,(H,14,16)(H,17,18)/t10-/m0/s1. The van der Waals surface area contributed by atoms with E-state index in [1.165, 1.54) is 0 Å². The van der Waals surface area contributed by atoms with Crippen molar-refractivity contribution in [2.45, 2.75) is 18.9 Å². The maximum absolute atomic E-state index is 11.6. The molecule has 1 aromatic carbocycles. The molecule has 0 aliphatic carbocycles. The van der Waals surface area contributed by atoms with E-state index in [1.54, 1.807) is 24.3 Å². The summed E-state index contributed by atoms with van der Waals surface area (Å²) in [6.45, 7) is -0.302. The van der Waals surface area contributed by atoms with Gasteiger partial charge in [-0.25, -0.2) is 4.79 Å². The van der Waals surface area contributed by atoms with Gasteiger partial charge in [-0.05, 0) is 11.6 Å². The van der Waals surface area contributed by atoms with Gasteiger partial charge in [-0.3, -0.25) is 4.79 Å². The van der Waals surface area contributed by atoms with E-state index in [1.807, 2.05) is 0 Å². The first kappa shape index (κ1) is 14.5. The maximum atomic E-state index is 11.6. The van der Waals surface area contributed by atoms with Crippen LogP contribution < -0.4 is 5.32 Å². The fraction of sp³-hybridized carbons (Fsp3) is 0.333. The molecule has 18 heavy (non-hydrogen) atoms. The van der Waals surface area contributed by atoms with Crippen LogP contribution in [0.5, 0.6) is 0 Å². The molecule has 1 aromatic rings. The average Bonchev–Trinajstić information content (AvgIpc) is 2.31. The zero-order valence-corrected chi connectivity index (χ0v) is 10.4. The van der Waals surface area contributed by atoms with Crippen molar-refractivity contribution < 1.29 is 19.8 Å². The third-order valence-electron chi connectivity index (χ3n) is 2.36. The second kappa shape index (κ2) is 6.98. The van der Waals surface area contributed by atoms with Gasteiger partial charge >= 0.3 is 5.97 Å². The van der Waals surface area contributed by atoms with Crippen molar-refractivity contribution in [3.8, 4) is 0 Å². The van der Waals surface area contributed by atoms with Crippen LogP contribution in [0.25, 0.3) is 0 Å². The normalized spacial score (nSPS) is 11.9. The highest BCUT2D eigenvalue weighted by Gasteiger charge is 2.19. The van der Waals surface area contributed by atoms with Gasteiger partial charge in [0.2, 0.25) is 5.91 Å². The van der Waals surface area contributed by atoms with Gasteiger partial charge in [0.05, 0.1) is 6.42 Å². The molecule has 1 atom stereocenters. The number of nitrogens with one attached hydrogen (secondary N) is 1. The highest BCUT2D eigenvalue weighted by molar-refractivity contribution is 6.31. The Kier molecular flexibility index (Phi) is 5.61. The predicted molar refractivity (Wildman–Crippen MR) is 66.4 cm³/mol. The fourth-order valence-electron chi connectivity index (χ4n) is 1.45. The van der Waals surface area contributed by atoms with E-state index in [9.17, 15) is 9.59 Å². The van der Waals surface area contributed by atoms with Crippen LogP contribution in [0, 0.1) is 0 Å². The number of aliphatic hydroxyl groups is 1. The van der Waals surface area contributed by atoms with Crippen LogP contribution in [0.1, 0.15) is 12.0 Å². The highest BCUT2D eigenvalue weighted by Crippen LogP contribution is 2.15. The van der Waals surface area contributed by atoms with Crippen molar-refractivity contribution in [2.75, 3.05) is 6.61 Å². The number of halogens is 1. The molecular formula is C12H14ClNO4. The Morgan fingerprint density at radius 1 is 1.33 bits per heavy atom. The van der Waals surface area contributed by atoms with E-state index in [0.29, 0.717) is 10.6 Å². The third-order valence-corrected chi connectivity index (χ3v) is 2.73. The van der Waals surface area contributed by atoms with Gasteiger partial charge in [0, 0.05) is 18.1 Å². The number of amides is 1. The minimum Gasteiger partial charge on any atom is -0.480 e. The van der Waals surface area contributed by atoms with Crippen LogP contribution in [-0.2, 0) is 16.0 Å². The Bertz CT molecular complexity index is 436. The molecule has 0 unspecified atom stereocenters. The monoisotopic (exact) mass is 271 g/mol. The van der Waals surface area contributed by atoms with Crippen LogP contribution in [0.15, 0.2) is 24.3 Å². The van der Waals surface area contributed by atoms with Crippen LogP contribution in [0.3, 0.4) is 0 Å². The maximum Gasteiger partial charge on any atom is 0.326 e. The summed E-state index contributed by atoms with van der Waals surface area (Å²) in [5.41, 5.74) is 0.629. The smallest absolute Gasteiger partial charge is 0.326 e. The van der Waals surface area contributed by atoms with Crippen LogP contribution in [0.2, 0.25) is 5.02 Å². The summed E-state index contributed by atoms with van der Waals surface area (Å²) in [6, 6.07) is 5.77. The molecule has 0 aliphatic heterocycles. The molecule has 0 aromatic heterocycles. The van der Waals surface area contributed by atoms with Crippen molar-refractivity contribution in [2.24, 2.45) is 0 Å². The quantitative estimate of drug-likeness (QED) is 0.715. The van der Waals surface area contributed by atoms with Crippen molar-refractivity contribution >= 4 is 23.5 Å². The molecule has 0 fully saturated rings. The molecule has 0 bridgehead atoms. The summed E-state index contributed by atoms with van der Waals surface area (Å²) >= 11 is 5.89. The first-order valence-corrected chi connectivity index (χ1v) is 5.79. The summed E-state index contributed by atoms with van der Waals surface area (Å²) in [7, 11) is 0. The highest BCUT2D eigenvalue weighted by atomic mass is 35.5. The van der Waals surface area contributed by atoms with E-state index < -0.39 is 17.9 Å². The number of aliphatic hydroxyl groups excluding tert-OH is 1. The van der Waals surface area contributed by atoms with E-state index in [2.05, 4.69) is 5.32 Å². The van der Waals surface area contributed by atoms with Gasteiger partial charge < -0.3 is 15.5 Å². The molecule has 6 heteroatoms. The molecule has 3 N–H and O–H groups in total. The van der Waals surface area contributed by atoms with Crippen LogP contribution in [0.4, 0.5) is 0 Å². The Labute approximate surface area is 109 Å². The number of hydrogen-bond donors (Lipinski definition) is 3. The summed E-state index contributed by atoms with van der Waals surface area (Å²) in [6.07, 6.45) is -0.0154. The summed E-state index contributed by atoms with van der Waals surface area (Å²) in [4.78, 5) is 22.4. The van der Waals surface area contributed by atoms with Gasteiger partial charge in [-0.1, -0.05) is 29.8 Å². The third kappa shape index (κ3) is 4.35. The molecule has 0 saturated carbocycles. The van der Waals surface area contributed by atoms with Gasteiger partial charge in [0.1, 0.15) is 6.04 Å². The number of rotatable bonds is 6. The summed E-state index contributed by atoms with van der Waals surface area (Å²) < 4.78 is 0. The Balaban J connectivity index is 2.61. The first-order chi connectivity index (χ1) is 8.54. The Morgan fingerprint density at radius 2 is 2.00 bits per heavy atom. The first-order valence-electron chi connectivity index (χ1n) is 5.41. The van der Waals surface area contributed by atoms with Crippen molar-refractivity contribution in [3.63, 3.8) is 0 Å². The largest absolute Gasteiger partial charge is 0.480 e. The van der Waals surface area contributed by atoms with Gasteiger partial charge in [-0.15, -0.1) is 0 Å². The predicted octanol–water partition coefficient (Wildman–Crippen LogP) is 0.834.